The molecule has 3 rings (SSSR count). The molecule has 0 spiro atoms. The van der Waals surface area contributed by atoms with E-state index in [1.165, 1.54) is 6.26 Å². The van der Waals surface area contributed by atoms with Crippen LogP contribution in [0.4, 0.5) is 0 Å². The predicted octanol–water partition coefficient (Wildman–Crippen LogP) is 0.455. The lowest BCUT2D eigenvalue weighted by Crippen LogP contribution is -2.51. The summed E-state index contributed by atoms with van der Waals surface area (Å²) in [6, 6.07) is 0.634. The van der Waals surface area contributed by atoms with E-state index in [1.54, 1.807) is 0 Å². The second kappa shape index (κ2) is 3.43. The van der Waals surface area contributed by atoms with Gasteiger partial charge in [-0.3, -0.25) is 0 Å². The average Bonchev–Trinajstić information content (AvgIpc) is 2.34. The van der Waals surface area contributed by atoms with E-state index in [2.05, 4.69) is 23.9 Å². The van der Waals surface area contributed by atoms with Gasteiger partial charge in [0.05, 0.1) is 6.26 Å². The molecule has 0 heterocycles. The van der Waals surface area contributed by atoms with Crippen LogP contribution in [-0.4, -0.2) is 32.3 Å². The van der Waals surface area contributed by atoms with Crippen molar-refractivity contribution in [3.63, 3.8) is 0 Å². The fraction of sp³-hybridized carbons (Fsp3) is 1.00. The minimum absolute atomic E-state index is 0.159. The smallest absolute Gasteiger partial charge is 0.208 e. The molecule has 4 nitrogen and oxygen atoms in total. The van der Waals surface area contributed by atoms with Crippen molar-refractivity contribution in [1.29, 1.82) is 0 Å². The van der Waals surface area contributed by atoms with Crippen LogP contribution < -0.4 is 10.0 Å². The van der Waals surface area contributed by atoms with Crippen LogP contribution in [0.3, 0.4) is 0 Å². The summed E-state index contributed by atoms with van der Waals surface area (Å²) >= 11 is 0. The van der Waals surface area contributed by atoms with Gasteiger partial charge in [-0.25, -0.2) is 13.1 Å². The highest BCUT2D eigenvalue weighted by Gasteiger charge is 2.56. The molecule has 0 radical (unpaired) electrons. The Labute approximate surface area is 91.9 Å². The van der Waals surface area contributed by atoms with Gasteiger partial charge in [0, 0.05) is 17.6 Å². The van der Waals surface area contributed by atoms with E-state index in [0.29, 0.717) is 12.0 Å². The Balaban J connectivity index is 1.95. The highest BCUT2D eigenvalue weighted by atomic mass is 32.2. The first-order valence-electron chi connectivity index (χ1n) is 5.55. The van der Waals surface area contributed by atoms with Crippen molar-refractivity contribution in [3.8, 4) is 0 Å². The quantitative estimate of drug-likeness (QED) is 0.740. The molecule has 88 valence electrons. The van der Waals surface area contributed by atoms with Crippen LogP contribution in [0.1, 0.15) is 33.1 Å². The first-order valence-corrected chi connectivity index (χ1v) is 7.44. The molecule has 2 N–H and O–H groups in total. The van der Waals surface area contributed by atoms with Gasteiger partial charge in [-0.05, 0) is 25.2 Å². The summed E-state index contributed by atoms with van der Waals surface area (Å²) in [7, 11) is -3.05. The van der Waals surface area contributed by atoms with Crippen LogP contribution in [0, 0.1) is 5.92 Å². The first kappa shape index (κ1) is 11.4. The van der Waals surface area contributed by atoms with Crippen molar-refractivity contribution in [3.05, 3.63) is 0 Å². The van der Waals surface area contributed by atoms with E-state index >= 15 is 0 Å². The average molecular weight is 232 g/mol. The summed E-state index contributed by atoms with van der Waals surface area (Å²) in [6.45, 7) is 4.28. The normalized spacial score (nSPS) is 39.5. The van der Waals surface area contributed by atoms with Gasteiger partial charge >= 0.3 is 0 Å². The van der Waals surface area contributed by atoms with E-state index in [-0.39, 0.29) is 11.6 Å². The summed E-state index contributed by atoms with van der Waals surface area (Å²) in [4.78, 5) is 0. The lowest BCUT2D eigenvalue weighted by atomic mass is 9.76. The molecule has 1 unspecified atom stereocenters. The third kappa shape index (κ3) is 2.34. The van der Waals surface area contributed by atoms with Crippen LogP contribution in [0.25, 0.3) is 0 Å². The second-order valence-corrected chi connectivity index (χ2v) is 7.23. The standard InChI is InChI=1S/C10H20N2O2S/c1-7(2)11-10-4-8(5-10)9(6-10)12-15(3,13)14/h7-9,11-12H,4-6H2,1-3H3. The van der Waals surface area contributed by atoms with Gasteiger partial charge < -0.3 is 5.32 Å². The Morgan fingerprint density at radius 3 is 2.33 bits per heavy atom. The van der Waals surface area contributed by atoms with Gasteiger partial charge in [-0.2, -0.15) is 0 Å². The zero-order valence-electron chi connectivity index (χ0n) is 9.58. The topological polar surface area (TPSA) is 58.2 Å². The summed E-state index contributed by atoms with van der Waals surface area (Å²) < 4.78 is 25.0. The Hall–Kier alpha value is -0.130. The molecule has 3 saturated carbocycles. The fourth-order valence-corrected chi connectivity index (χ4v) is 4.01. The van der Waals surface area contributed by atoms with Crippen molar-refractivity contribution in [2.75, 3.05) is 6.26 Å². The highest BCUT2D eigenvalue weighted by Crippen LogP contribution is 2.52. The zero-order chi connectivity index (χ0) is 11.3. The van der Waals surface area contributed by atoms with Crippen LogP contribution >= 0.6 is 0 Å². The van der Waals surface area contributed by atoms with E-state index in [1.807, 2.05) is 0 Å². The van der Waals surface area contributed by atoms with Crippen molar-refractivity contribution in [2.45, 2.75) is 50.7 Å². The van der Waals surface area contributed by atoms with Gasteiger partial charge in [0.15, 0.2) is 0 Å². The Bertz CT molecular complexity index is 344. The van der Waals surface area contributed by atoms with Crippen molar-refractivity contribution in [1.82, 2.24) is 10.0 Å². The third-order valence-corrected chi connectivity index (χ3v) is 4.18. The summed E-state index contributed by atoms with van der Waals surface area (Å²) in [5, 5.41) is 3.56. The molecule has 3 aliphatic rings. The van der Waals surface area contributed by atoms with Gasteiger partial charge in [0.1, 0.15) is 0 Å². The molecule has 2 bridgehead atoms. The maximum absolute atomic E-state index is 11.1. The van der Waals surface area contributed by atoms with Gasteiger partial charge in [0.2, 0.25) is 10.0 Å². The Morgan fingerprint density at radius 2 is 1.87 bits per heavy atom. The summed E-state index contributed by atoms with van der Waals surface area (Å²) in [5.74, 6) is 0.547. The van der Waals surface area contributed by atoms with E-state index in [4.69, 9.17) is 0 Å². The molecular formula is C10H20N2O2S. The number of rotatable bonds is 4. The SMILES string of the molecule is CC(C)NC12CC(C1)C(NS(C)(=O)=O)C2. The molecular weight excluding hydrogens is 212 g/mol. The molecule has 5 heteroatoms. The van der Waals surface area contributed by atoms with Crippen molar-refractivity contribution < 1.29 is 8.42 Å². The number of hydrogen-bond acceptors (Lipinski definition) is 3. The third-order valence-electron chi connectivity index (χ3n) is 3.45. The van der Waals surface area contributed by atoms with Crippen molar-refractivity contribution >= 4 is 10.0 Å². The van der Waals surface area contributed by atoms with E-state index < -0.39 is 10.0 Å². The molecule has 0 aromatic heterocycles. The van der Waals surface area contributed by atoms with Crippen LogP contribution in [0.2, 0.25) is 0 Å². The number of hydrogen-bond donors (Lipinski definition) is 2. The lowest BCUT2D eigenvalue weighted by molar-refractivity contribution is 0.174. The fourth-order valence-electron chi connectivity index (χ4n) is 3.18. The minimum Gasteiger partial charge on any atom is -0.309 e. The maximum atomic E-state index is 11.1. The molecule has 0 aromatic carbocycles. The van der Waals surface area contributed by atoms with E-state index in [9.17, 15) is 8.42 Å². The monoisotopic (exact) mass is 232 g/mol. The van der Waals surface area contributed by atoms with Gasteiger partial charge in [0.25, 0.3) is 0 Å². The lowest BCUT2D eigenvalue weighted by Gasteiger charge is -2.41. The van der Waals surface area contributed by atoms with E-state index in [0.717, 1.165) is 19.3 Å². The van der Waals surface area contributed by atoms with Crippen molar-refractivity contribution in [2.24, 2.45) is 5.92 Å². The van der Waals surface area contributed by atoms with Crippen LogP contribution in [0.5, 0.6) is 0 Å². The summed E-state index contributed by atoms with van der Waals surface area (Å²) in [6.07, 6.45) is 4.44. The molecule has 15 heavy (non-hydrogen) atoms. The Kier molecular flexibility index (Phi) is 2.60. The molecule has 0 amide bonds. The maximum Gasteiger partial charge on any atom is 0.208 e. The first-order chi connectivity index (χ1) is 6.80. The van der Waals surface area contributed by atoms with Gasteiger partial charge in [-0.1, -0.05) is 13.8 Å². The predicted molar refractivity (Wildman–Crippen MR) is 60.1 cm³/mol. The van der Waals surface area contributed by atoms with Crippen LogP contribution in [0.15, 0.2) is 0 Å². The van der Waals surface area contributed by atoms with Gasteiger partial charge in [-0.15, -0.1) is 0 Å². The summed E-state index contributed by atoms with van der Waals surface area (Å²) in [5.41, 5.74) is 0.223. The minimum atomic E-state index is -3.05. The zero-order valence-corrected chi connectivity index (χ0v) is 10.4. The molecule has 1 atom stereocenters. The Morgan fingerprint density at radius 1 is 1.27 bits per heavy atom. The highest BCUT2D eigenvalue weighted by molar-refractivity contribution is 7.88. The second-order valence-electron chi connectivity index (χ2n) is 5.45. The number of sulfonamides is 1. The molecule has 3 fully saturated rings. The molecule has 0 aromatic rings. The molecule has 3 aliphatic carbocycles. The number of fused-ring (bicyclic) bond motifs is 1. The largest absolute Gasteiger partial charge is 0.309 e. The molecule has 0 aliphatic heterocycles. The number of nitrogens with one attached hydrogen (secondary N) is 2. The molecule has 0 saturated heterocycles. The van der Waals surface area contributed by atoms with Crippen LogP contribution in [-0.2, 0) is 10.0 Å².